The zero-order chi connectivity index (χ0) is 15.6. The Morgan fingerprint density at radius 2 is 2.09 bits per heavy atom. The lowest BCUT2D eigenvalue weighted by atomic mass is 9.90. The van der Waals surface area contributed by atoms with Crippen molar-refractivity contribution in [2.75, 3.05) is 45.9 Å². The van der Waals surface area contributed by atoms with Crippen molar-refractivity contribution in [1.29, 1.82) is 0 Å². The number of carbonyl (C=O) groups is 1. The summed E-state index contributed by atoms with van der Waals surface area (Å²) in [6.07, 6.45) is 4.10. The fraction of sp³-hybridized carbons (Fsp3) is 0.941. The van der Waals surface area contributed by atoms with Gasteiger partial charge in [0.15, 0.2) is 0 Å². The van der Waals surface area contributed by atoms with E-state index in [-0.39, 0.29) is 11.7 Å². The molecule has 3 aliphatic heterocycles. The van der Waals surface area contributed by atoms with Crippen LogP contribution >= 0.6 is 0 Å². The second-order valence-corrected chi connectivity index (χ2v) is 7.69. The van der Waals surface area contributed by atoms with Crippen LogP contribution in [0, 0.1) is 11.8 Å². The number of rotatable bonds is 5. The Bertz CT molecular complexity index is 385. The average molecular weight is 310 g/mol. The number of ether oxygens (including phenoxy) is 2. The van der Waals surface area contributed by atoms with Crippen LogP contribution in [0.4, 0.5) is 4.79 Å². The van der Waals surface area contributed by atoms with E-state index in [1.807, 2.05) is 4.90 Å². The highest BCUT2D eigenvalue weighted by atomic mass is 16.6. The molecule has 3 saturated heterocycles. The molecule has 0 N–H and O–H groups in total. The van der Waals surface area contributed by atoms with Gasteiger partial charge < -0.3 is 19.3 Å². The third kappa shape index (κ3) is 3.74. The maximum absolute atomic E-state index is 12.1. The van der Waals surface area contributed by atoms with Crippen LogP contribution in [0.2, 0.25) is 0 Å². The molecule has 3 aliphatic rings. The summed E-state index contributed by atoms with van der Waals surface area (Å²) in [7, 11) is 0. The van der Waals surface area contributed by atoms with E-state index in [1.54, 1.807) is 0 Å². The topological polar surface area (TPSA) is 42.0 Å². The minimum atomic E-state index is -0.212. The van der Waals surface area contributed by atoms with Gasteiger partial charge in [-0.3, -0.25) is 0 Å². The predicted octanol–water partition coefficient (Wildman–Crippen LogP) is 2.36. The SMILES string of the molecule is CC(C)CCN1CC2(CCN(C[C@@H]3CCOC3)CC2)OC1=O. The summed E-state index contributed by atoms with van der Waals surface area (Å²) < 4.78 is 11.3. The number of piperidine rings is 1. The van der Waals surface area contributed by atoms with Gasteiger partial charge in [0.25, 0.3) is 0 Å². The van der Waals surface area contributed by atoms with Gasteiger partial charge in [-0.2, -0.15) is 0 Å². The van der Waals surface area contributed by atoms with Crippen LogP contribution in [0.25, 0.3) is 0 Å². The summed E-state index contributed by atoms with van der Waals surface area (Å²) in [5.41, 5.74) is -0.212. The summed E-state index contributed by atoms with van der Waals surface area (Å²) in [6.45, 7) is 11.1. The molecule has 0 bridgehead atoms. The summed E-state index contributed by atoms with van der Waals surface area (Å²) in [5.74, 6) is 1.32. The van der Waals surface area contributed by atoms with Gasteiger partial charge in [0.2, 0.25) is 0 Å². The number of hydrogen-bond donors (Lipinski definition) is 0. The van der Waals surface area contributed by atoms with Crippen molar-refractivity contribution >= 4 is 6.09 Å². The molecule has 1 atom stereocenters. The summed E-state index contributed by atoms with van der Waals surface area (Å²) in [5, 5.41) is 0. The van der Waals surface area contributed by atoms with Gasteiger partial charge in [-0.05, 0) is 24.7 Å². The van der Waals surface area contributed by atoms with Crippen molar-refractivity contribution in [1.82, 2.24) is 9.80 Å². The lowest BCUT2D eigenvalue weighted by Gasteiger charge is -2.38. The fourth-order valence-electron chi connectivity index (χ4n) is 3.77. The molecule has 0 aromatic carbocycles. The van der Waals surface area contributed by atoms with Crippen molar-refractivity contribution in [3.63, 3.8) is 0 Å². The van der Waals surface area contributed by atoms with E-state index in [9.17, 15) is 4.79 Å². The maximum atomic E-state index is 12.1. The quantitative estimate of drug-likeness (QED) is 0.782. The summed E-state index contributed by atoms with van der Waals surface area (Å²) in [4.78, 5) is 16.5. The van der Waals surface area contributed by atoms with Crippen LogP contribution < -0.4 is 0 Å². The van der Waals surface area contributed by atoms with Crippen LogP contribution in [-0.4, -0.2) is 67.4 Å². The Hall–Kier alpha value is -0.810. The van der Waals surface area contributed by atoms with Crippen LogP contribution in [0.1, 0.15) is 39.5 Å². The van der Waals surface area contributed by atoms with Gasteiger partial charge in [-0.25, -0.2) is 4.79 Å². The molecule has 0 saturated carbocycles. The molecule has 3 rings (SSSR count). The molecule has 126 valence electrons. The maximum Gasteiger partial charge on any atom is 0.410 e. The van der Waals surface area contributed by atoms with E-state index >= 15 is 0 Å². The molecule has 5 heteroatoms. The highest BCUT2D eigenvalue weighted by Gasteiger charge is 2.46. The first-order valence-corrected chi connectivity index (χ1v) is 8.84. The number of amides is 1. The molecule has 1 amide bonds. The number of nitrogens with zero attached hydrogens (tertiary/aromatic N) is 2. The molecule has 5 nitrogen and oxygen atoms in total. The van der Waals surface area contributed by atoms with Crippen LogP contribution in [0.15, 0.2) is 0 Å². The second kappa shape index (κ2) is 6.75. The lowest BCUT2D eigenvalue weighted by Crippen LogP contribution is -2.48. The van der Waals surface area contributed by atoms with E-state index in [0.29, 0.717) is 11.8 Å². The van der Waals surface area contributed by atoms with Gasteiger partial charge in [0.05, 0.1) is 13.2 Å². The molecule has 0 aromatic rings. The first kappa shape index (κ1) is 16.1. The molecule has 0 radical (unpaired) electrons. The minimum absolute atomic E-state index is 0.0988. The highest BCUT2D eigenvalue weighted by molar-refractivity contribution is 5.70. The van der Waals surface area contributed by atoms with Crippen molar-refractivity contribution in [3.05, 3.63) is 0 Å². The van der Waals surface area contributed by atoms with Gasteiger partial charge >= 0.3 is 6.09 Å². The van der Waals surface area contributed by atoms with Gasteiger partial charge in [-0.1, -0.05) is 13.8 Å². The Kier molecular flexibility index (Phi) is 4.93. The zero-order valence-corrected chi connectivity index (χ0v) is 14.1. The van der Waals surface area contributed by atoms with Gasteiger partial charge in [-0.15, -0.1) is 0 Å². The van der Waals surface area contributed by atoms with E-state index < -0.39 is 0 Å². The summed E-state index contributed by atoms with van der Waals surface area (Å²) >= 11 is 0. The largest absolute Gasteiger partial charge is 0.441 e. The van der Waals surface area contributed by atoms with E-state index in [2.05, 4.69) is 18.7 Å². The third-order valence-electron chi connectivity index (χ3n) is 5.33. The molecular weight excluding hydrogens is 280 g/mol. The number of hydrogen-bond acceptors (Lipinski definition) is 4. The minimum Gasteiger partial charge on any atom is -0.441 e. The third-order valence-corrected chi connectivity index (χ3v) is 5.33. The molecular formula is C17H30N2O3. The van der Waals surface area contributed by atoms with Gasteiger partial charge in [0, 0.05) is 45.6 Å². The first-order chi connectivity index (χ1) is 10.6. The van der Waals surface area contributed by atoms with E-state index in [1.165, 1.54) is 6.42 Å². The molecule has 1 spiro atoms. The van der Waals surface area contributed by atoms with Crippen LogP contribution in [-0.2, 0) is 9.47 Å². The fourth-order valence-corrected chi connectivity index (χ4v) is 3.77. The van der Waals surface area contributed by atoms with Crippen LogP contribution in [0.3, 0.4) is 0 Å². The first-order valence-electron chi connectivity index (χ1n) is 8.84. The highest BCUT2D eigenvalue weighted by Crippen LogP contribution is 2.34. The molecule has 3 fully saturated rings. The van der Waals surface area contributed by atoms with Crippen molar-refractivity contribution in [3.8, 4) is 0 Å². The Labute approximate surface area is 133 Å². The molecule has 0 aliphatic carbocycles. The van der Waals surface area contributed by atoms with Crippen molar-refractivity contribution in [2.45, 2.75) is 45.1 Å². The van der Waals surface area contributed by atoms with Crippen molar-refractivity contribution in [2.24, 2.45) is 11.8 Å². The van der Waals surface area contributed by atoms with E-state index in [4.69, 9.17) is 9.47 Å². The zero-order valence-electron chi connectivity index (χ0n) is 14.1. The Morgan fingerprint density at radius 1 is 1.32 bits per heavy atom. The second-order valence-electron chi connectivity index (χ2n) is 7.69. The Balaban J connectivity index is 1.46. The molecule has 3 heterocycles. The molecule has 0 aromatic heterocycles. The molecule has 0 unspecified atom stereocenters. The number of carbonyl (C=O) groups excluding carboxylic acids is 1. The smallest absolute Gasteiger partial charge is 0.410 e. The lowest BCUT2D eigenvalue weighted by molar-refractivity contribution is -0.00292. The predicted molar refractivity (Wildman–Crippen MR) is 84.8 cm³/mol. The normalized spacial score (nSPS) is 28.8. The van der Waals surface area contributed by atoms with Crippen LogP contribution in [0.5, 0.6) is 0 Å². The van der Waals surface area contributed by atoms with Gasteiger partial charge in [0.1, 0.15) is 5.60 Å². The average Bonchev–Trinajstić information content (AvgIpc) is 3.08. The number of likely N-dealkylation sites (tertiary alicyclic amines) is 1. The van der Waals surface area contributed by atoms with Crippen molar-refractivity contribution < 1.29 is 14.3 Å². The Morgan fingerprint density at radius 3 is 2.73 bits per heavy atom. The standard InChI is InChI=1S/C17H30N2O3/c1-14(2)3-7-19-13-17(22-16(19)20)5-8-18(9-6-17)11-15-4-10-21-12-15/h14-15H,3-13H2,1-2H3/t15-/m0/s1. The monoisotopic (exact) mass is 310 g/mol. The van der Waals surface area contributed by atoms with E-state index in [0.717, 1.165) is 65.2 Å². The summed E-state index contributed by atoms with van der Waals surface area (Å²) in [6, 6.07) is 0. The molecule has 22 heavy (non-hydrogen) atoms.